The molecule has 2 saturated heterocycles. The van der Waals surface area contributed by atoms with E-state index in [0.717, 1.165) is 12.5 Å². The van der Waals surface area contributed by atoms with Crippen LogP contribution in [0.25, 0.3) is 0 Å². The number of nitrogens with one attached hydrogen (secondary N) is 1. The molecule has 3 atom stereocenters. The molecule has 1 amide bonds. The van der Waals surface area contributed by atoms with Crippen LogP contribution in [0.4, 0.5) is 0 Å². The summed E-state index contributed by atoms with van der Waals surface area (Å²) in [5, 5.41) is 3.28. The normalized spacial score (nSPS) is 35.5. The van der Waals surface area contributed by atoms with Crippen LogP contribution in [0.2, 0.25) is 0 Å². The van der Waals surface area contributed by atoms with Crippen LogP contribution in [0.15, 0.2) is 0 Å². The first-order valence-electron chi connectivity index (χ1n) is 11.1. The highest BCUT2D eigenvalue weighted by Crippen LogP contribution is 2.37. The van der Waals surface area contributed by atoms with E-state index in [1.807, 2.05) is 0 Å². The van der Waals surface area contributed by atoms with Crippen LogP contribution in [0.1, 0.15) is 70.6 Å². The largest absolute Gasteiger partial charge is 0.353 e. The molecule has 2 heterocycles. The zero-order valence-electron chi connectivity index (χ0n) is 15.9. The van der Waals surface area contributed by atoms with Gasteiger partial charge in [0, 0.05) is 44.2 Å². The number of hydrogen-bond donors (Lipinski definition) is 1. The minimum absolute atomic E-state index is 0.314. The zero-order valence-corrected chi connectivity index (χ0v) is 15.9. The lowest BCUT2D eigenvalue weighted by molar-refractivity contribution is -0.123. The van der Waals surface area contributed by atoms with E-state index in [-0.39, 0.29) is 0 Å². The van der Waals surface area contributed by atoms with Crippen LogP contribution in [0, 0.1) is 11.8 Å². The minimum Gasteiger partial charge on any atom is -0.353 e. The van der Waals surface area contributed by atoms with Crippen molar-refractivity contribution in [3.05, 3.63) is 0 Å². The molecule has 4 rings (SSSR count). The first-order chi connectivity index (χ1) is 12.3. The Morgan fingerprint density at radius 3 is 2.40 bits per heavy atom. The molecule has 4 aliphatic rings. The van der Waals surface area contributed by atoms with E-state index in [9.17, 15) is 4.79 Å². The van der Waals surface area contributed by atoms with Gasteiger partial charge in [-0.15, -0.1) is 0 Å². The molecule has 0 bridgehead atoms. The average Bonchev–Trinajstić information content (AvgIpc) is 2.99. The van der Waals surface area contributed by atoms with Gasteiger partial charge < -0.3 is 10.2 Å². The second-order valence-electron chi connectivity index (χ2n) is 8.98. The van der Waals surface area contributed by atoms with Gasteiger partial charge in [-0.1, -0.05) is 32.1 Å². The Kier molecular flexibility index (Phi) is 5.97. The van der Waals surface area contributed by atoms with Gasteiger partial charge in [0.05, 0.1) is 0 Å². The van der Waals surface area contributed by atoms with Crippen molar-refractivity contribution in [2.45, 2.75) is 82.7 Å². The van der Waals surface area contributed by atoms with E-state index < -0.39 is 0 Å². The van der Waals surface area contributed by atoms with E-state index in [1.165, 1.54) is 96.9 Å². The molecule has 3 unspecified atom stereocenters. The van der Waals surface area contributed by atoms with Gasteiger partial charge in [-0.3, -0.25) is 9.69 Å². The SMILES string of the molecule is O=C1NC2CCCCC2C1CCCN1CCN(C2CCCCC2)CC1. The molecule has 2 saturated carbocycles. The third-order valence-electron chi connectivity index (χ3n) is 7.49. The third-order valence-corrected chi connectivity index (χ3v) is 7.49. The van der Waals surface area contributed by atoms with Crippen LogP contribution in [0.3, 0.4) is 0 Å². The summed E-state index contributed by atoms with van der Waals surface area (Å²) in [5.74, 6) is 1.32. The molecule has 0 aromatic carbocycles. The van der Waals surface area contributed by atoms with Crippen molar-refractivity contribution in [3.63, 3.8) is 0 Å². The molecule has 142 valence electrons. The van der Waals surface area contributed by atoms with Crippen molar-refractivity contribution in [2.24, 2.45) is 11.8 Å². The highest BCUT2D eigenvalue weighted by Gasteiger charge is 2.42. The van der Waals surface area contributed by atoms with Crippen molar-refractivity contribution in [3.8, 4) is 0 Å². The molecule has 25 heavy (non-hydrogen) atoms. The number of hydrogen-bond acceptors (Lipinski definition) is 3. The fourth-order valence-electron chi connectivity index (χ4n) is 5.98. The van der Waals surface area contributed by atoms with Gasteiger partial charge >= 0.3 is 0 Å². The van der Waals surface area contributed by atoms with Crippen LogP contribution in [-0.4, -0.2) is 60.5 Å². The maximum absolute atomic E-state index is 12.3. The Balaban J connectivity index is 1.16. The fraction of sp³-hybridized carbons (Fsp3) is 0.952. The van der Waals surface area contributed by atoms with E-state index >= 15 is 0 Å². The number of carbonyl (C=O) groups is 1. The number of rotatable bonds is 5. The average molecular weight is 348 g/mol. The van der Waals surface area contributed by atoms with Gasteiger partial charge in [-0.25, -0.2) is 0 Å². The Morgan fingerprint density at radius 1 is 0.880 bits per heavy atom. The summed E-state index contributed by atoms with van der Waals surface area (Å²) in [6.45, 7) is 6.19. The van der Waals surface area contributed by atoms with E-state index in [1.54, 1.807) is 0 Å². The number of nitrogens with zero attached hydrogens (tertiary/aromatic N) is 2. The standard InChI is InChI=1S/C21H37N3O/c25-21-19(18-9-4-5-11-20(18)22-21)10-6-12-23-13-15-24(16-14-23)17-7-2-1-3-8-17/h17-20H,1-16H2,(H,22,25). The van der Waals surface area contributed by atoms with E-state index in [2.05, 4.69) is 15.1 Å². The minimum atomic E-state index is 0.314. The molecule has 2 aliphatic heterocycles. The molecular weight excluding hydrogens is 310 g/mol. The molecule has 4 fully saturated rings. The topological polar surface area (TPSA) is 35.6 Å². The highest BCUT2D eigenvalue weighted by atomic mass is 16.2. The summed E-state index contributed by atoms with van der Waals surface area (Å²) in [6.07, 6.45) is 14.6. The van der Waals surface area contributed by atoms with Crippen LogP contribution >= 0.6 is 0 Å². The Morgan fingerprint density at radius 2 is 1.60 bits per heavy atom. The summed E-state index contributed by atoms with van der Waals surface area (Å²) < 4.78 is 0. The van der Waals surface area contributed by atoms with E-state index in [4.69, 9.17) is 0 Å². The predicted octanol–water partition coefficient (Wildman–Crippen LogP) is 3.02. The van der Waals surface area contributed by atoms with Crippen molar-refractivity contribution in [1.82, 2.24) is 15.1 Å². The summed E-state index contributed by atoms with van der Waals surface area (Å²) >= 11 is 0. The second kappa shape index (κ2) is 8.39. The van der Waals surface area contributed by atoms with Gasteiger partial charge in [0.15, 0.2) is 0 Å². The Hall–Kier alpha value is -0.610. The molecule has 0 spiro atoms. The zero-order chi connectivity index (χ0) is 17.1. The lowest BCUT2D eigenvalue weighted by Crippen LogP contribution is -2.50. The van der Waals surface area contributed by atoms with Crippen molar-refractivity contribution in [2.75, 3.05) is 32.7 Å². The number of piperazine rings is 1. The van der Waals surface area contributed by atoms with E-state index in [0.29, 0.717) is 23.8 Å². The lowest BCUT2D eigenvalue weighted by atomic mass is 9.78. The van der Waals surface area contributed by atoms with Gasteiger partial charge in [0.1, 0.15) is 0 Å². The first-order valence-corrected chi connectivity index (χ1v) is 11.1. The van der Waals surface area contributed by atoms with Gasteiger partial charge in [0.2, 0.25) is 5.91 Å². The molecule has 0 aromatic heterocycles. The number of fused-ring (bicyclic) bond motifs is 1. The second-order valence-corrected chi connectivity index (χ2v) is 8.98. The Labute approximate surface area is 153 Å². The van der Waals surface area contributed by atoms with Crippen molar-refractivity contribution in [1.29, 1.82) is 0 Å². The highest BCUT2D eigenvalue weighted by molar-refractivity contribution is 5.81. The molecule has 4 heteroatoms. The van der Waals surface area contributed by atoms with Gasteiger partial charge in [-0.2, -0.15) is 0 Å². The molecule has 0 aromatic rings. The predicted molar refractivity (Wildman–Crippen MR) is 101 cm³/mol. The maximum atomic E-state index is 12.3. The van der Waals surface area contributed by atoms with Crippen molar-refractivity contribution >= 4 is 5.91 Å². The van der Waals surface area contributed by atoms with Crippen molar-refractivity contribution < 1.29 is 4.79 Å². The summed E-state index contributed by atoms with van der Waals surface area (Å²) in [4.78, 5) is 17.7. The molecular formula is C21H37N3O. The molecule has 1 N–H and O–H groups in total. The maximum Gasteiger partial charge on any atom is 0.223 e. The van der Waals surface area contributed by atoms with Crippen LogP contribution in [0.5, 0.6) is 0 Å². The molecule has 2 aliphatic carbocycles. The fourth-order valence-corrected chi connectivity index (χ4v) is 5.98. The van der Waals surface area contributed by atoms with Crippen LogP contribution in [-0.2, 0) is 4.79 Å². The first kappa shape index (κ1) is 17.8. The summed E-state index contributed by atoms with van der Waals surface area (Å²) in [5.41, 5.74) is 0. The smallest absolute Gasteiger partial charge is 0.223 e. The quantitative estimate of drug-likeness (QED) is 0.830. The Bertz CT molecular complexity index is 440. The molecule has 0 radical (unpaired) electrons. The summed E-state index contributed by atoms with van der Waals surface area (Å²) in [6, 6.07) is 1.38. The van der Waals surface area contributed by atoms with Gasteiger partial charge in [-0.05, 0) is 51.0 Å². The number of carbonyl (C=O) groups excluding carboxylic acids is 1. The van der Waals surface area contributed by atoms with Gasteiger partial charge in [0.25, 0.3) is 0 Å². The third kappa shape index (κ3) is 4.21. The molecule has 4 nitrogen and oxygen atoms in total. The lowest BCUT2D eigenvalue weighted by Gasteiger charge is -2.40. The monoisotopic (exact) mass is 347 g/mol. The van der Waals surface area contributed by atoms with Crippen LogP contribution < -0.4 is 5.32 Å². The summed E-state index contributed by atoms with van der Waals surface area (Å²) in [7, 11) is 0. The number of amides is 1.